The third-order valence-electron chi connectivity index (χ3n) is 6.57. The first-order valence-corrected chi connectivity index (χ1v) is 10.6. The van der Waals surface area contributed by atoms with Crippen LogP contribution < -0.4 is 5.73 Å². The number of rotatable bonds is 2. The summed E-state index contributed by atoms with van der Waals surface area (Å²) >= 11 is 0. The number of allylic oxidation sites excluding steroid dienone is 5. The van der Waals surface area contributed by atoms with Gasteiger partial charge in [0, 0.05) is 17.3 Å². The van der Waals surface area contributed by atoms with E-state index in [2.05, 4.69) is 72.7 Å². The Kier molecular flexibility index (Phi) is 5.70. The lowest BCUT2D eigenvalue weighted by Gasteiger charge is -2.37. The maximum atomic E-state index is 6.33. The molecule has 3 rings (SSSR count). The van der Waals surface area contributed by atoms with Crippen LogP contribution in [0, 0.1) is 18.3 Å². The standard InChI is InChI=1S/C26H36N2/c1-16(2)24-19(5)28-23-12-13-26(6,7)14-21(23)18(4)22(15-27)25(24)20-11-9-8-10-17(20)3/h8-11,15-16,25H,12-14,27H2,1-7H3/b21-18-,22-15-,24-19?,28-23?. The van der Waals surface area contributed by atoms with Crippen LogP contribution in [0.15, 0.2) is 63.4 Å². The lowest BCUT2D eigenvalue weighted by molar-refractivity contribution is 0.329. The molecule has 1 aromatic carbocycles. The highest BCUT2D eigenvalue weighted by Gasteiger charge is 2.34. The number of nitrogens with zero attached hydrogens (tertiary/aromatic N) is 1. The summed E-state index contributed by atoms with van der Waals surface area (Å²) in [6, 6.07) is 8.72. The number of nitrogens with two attached hydrogens (primary N) is 1. The first-order chi connectivity index (χ1) is 13.2. The Hall–Kier alpha value is -2.09. The predicted octanol–water partition coefficient (Wildman–Crippen LogP) is 6.83. The van der Waals surface area contributed by atoms with Crippen LogP contribution in [0.5, 0.6) is 0 Å². The fraction of sp³-hybridized carbons (Fsp3) is 0.500. The van der Waals surface area contributed by atoms with Gasteiger partial charge in [-0.05, 0) is 91.0 Å². The molecule has 1 aliphatic carbocycles. The van der Waals surface area contributed by atoms with Gasteiger partial charge in [-0.1, -0.05) is 52.0 Å². The Labute approximate surface area is 171 Å². The monoisotopic (exact) mass is 376 g/mol. The summed E-state index contributed by atoms with van der Waals surface area (Å²) < 4.78 is 0. The summed E-state index contributed by atoms with van der Waals surface area (Å²) in [5, 5.41) is 0. The second-order valence-corrected chi connectivity index (χ2v) is 9.61. The maximum Gasteiger partial charge on any atom is 0.0441 e. The van der Waals surface area contributed by atoms with Crippen LogP contribution in [-0.4, -0.2) is 5.71 Å². The molecule has 2 heteroatoms. The summed E-state index contributed by atoms with van der Waals surface area (Å²) in [6.45, 7) is 16.0. The summed E-state index contributed by atoms with van der Waals surface area (Å²) in [5.74, 6) is 0.562. The van der Waals surface area contributed by atoms with Crippen molar-refractivity contribution in [3.05, 3.63) is 69.6 Å². The topological polar surface area (TPSA) is 38.4 Å². The molecule has 1 heterocycles. The largest absolute Gasteiger partial charge is 0.404 e. The van der Waals surface area contributed by atoms with Crippen LogP contribution in [-0.2, 0) is 0 Å². The quantitative estimate of drug-likeness (QED) is 0.603. The van der Waals surface area contributed by atoms with Gasteiger partial charge >= 0.3 is 0 Å². The van der Waals surface area contributed by atoms with Crippen LogP contribution in [0.2, 0.25) is 0 Å². The Balaban J connectivity index is 2.34. The van der Waals surface area contributed by atoms with E-state index < -0.39 is 0 Å². The van der Waals surface area contributed by atoms with Gasteiger partial charge in [-0.2, -0.15) is 0 Å². The third kappa shape index (κ3) is 3.74. The number of fused-ring (bicyclic) bond motifs is 1. The van der Waals surface area contributed by atoms with E-state index in [0.29, 0.717) is 11.3 Å². The van der Waals surface area contributed by atoms with Crippen molar-refractivity contribution in [1.82, 2.24) is 0 Å². The second-order valence-electron chi connectivity index (χ2n) is 9.61. The van der Waals surface area contributed by atoms with Crippen molar-refractivity contribution < 1.29 is 0 Å². The molecular weight excluding hydrogens is 340 g/mol. The minimum atomic E-state index is 0.161. The van der Waals surface area contributed by atoms with Gasteiger partial charge in [0.2, 0.25) is 0 Å². The summed E-state index contributed by atoms with van der Waals surface area (Å²) in [4.78, 5) is 5.22. The molecule has 1 atom stereocenters. The SMILES string of the molecule is CC1=C(C(C)C)C(c2ccccc2C)C(=C\N)/C(C)=C2/CC(C)(C)CCC2=N1. The fourth-order valence-corrected chi connectivity index (χ4v) is 5.00. The summed E-state index contributed by atoms with van der Waals surface area (Å²) in [6.07, 6.45) is 5.17. The highest BCUT2D eigenvalue weighted by atomic mass is 14.8. The zero-order valence-corrected chi connectivity index (χ0v) is 18.7. The van der Waals surface area contributed by atoms with E-state index in [1.54, 1.807) is 0 Å². The molecular formula is C26H36N2. The Morgan fingerprint density at radius 2 is 1.82 bits per heavy atom. The van der Waals surface area contributed by atoms with Crippen LogP contribution in [0.25, 0.3) is 0 Å². The molecule has 2 nitrogen and oxygen atoms in total. The molecule has 1 unspecified atom stereocenters. The third-order valence-corrected chi connectivity index (χ3v) is 6.57. The molecule has 0 aromatic heterocycles. The lowest BCUT2D eigenvalue weighted by Crippen LogP contribution is -2.27. The smallest absolute Gasteiger partial charge is 0.0441 e. The van der Waals surface area contributed by atoms with Crippen molar-refractivity contribution in [2.45, 2.75) is 73.6 Å². The first kappa shape index (κ1) is 20.6. The lowest BCUT2D eigenvalue weighted by atomic mass is 9.69. The van der Waals surface area contributed by atoms with Crippen molar-refractivity contribution in [1.29, 1.82) is 0 Å². The van der Waals surface area contributed by atoms with Gasteiger partial charge in [0.1, 0.15) is 0 Å². The van der Waals surface area contributed by atoms with Crippen molar-refractivity contribution >= 4 is 5.71 Å². The zero-order chi connectivity index (χ0) is 20.6. The molecule has 1 saturated carbocycles. The Morgan fingerprint density at radius 1 is 1.14 bits per heavy atom. The molecule has 0 spiro atoms. The van der Waals surface area contributed by atoms with Crippen molar-refractivity contribution in [3.8, 4) is 0 Å². The van der Waals surface area contributed by atoms with Crippen molar-refractivity contribution in [2.75, 3.05) is 0 Å². The highest BCUT2D eigenvalue weighted by Crippen LogP contribution is 2.47. The number of hydrogen-bond acceptors (Lipinski definition) is 2. The summed E-state index contributed by atoms with van der Waals surface area (Å²) in [7, 11) is 0. The molecule has 0 bridgehead atoms. The van der Waals surface area contributed by atoms with Gasteiger partial charge in [-0.3, -0.25) is 4.99 Å². The molecule has 0 radical (unpaired) electrons. The molecule has 0 saturated heterocycles. The normalized spacial score (nSPS) is 26.8. The van der Waals surface area contributed by atoms with Crippen molar-refractivity contribution in [2.24, 2.45) is 22.1 Å². The number of aryl methyl sites for hydroxylation is 1. The van der Waals surface area contributed by atoms with Crippen molar-refractivity contribution in [3.63, 3.8) is 0 Å². The van der Waals surface area contributed by atoms with E-state index in [9.17, 15) is 0 Å². The molecule has 150 valence electrons. The Bertz CT molecular complexity index is 891. The van der Waals surface area contributed by atoms with Gasteiger partial charge in [0.05, 0.1) is 0 Å². The molecule has 2 N–H and O–H groups in total. The van der Waals surface area contributed by atoms with E-state index in [-0.39, 0.29) is 5.92 Å². The van der Waals surface area contributed by atoms with E-state index in [0.717, 1.165) is 12.8 Å². The van der Waals surface area contributed by atoms with Gasteiger partial charge in [-0.15, -0.1) is 0 Å². The van der Waals surface area contributed by atoms with Gasteiger partial charge < -0.3 is 5.73 Å². The van der Waals surface area contributed by atoms with Crippen LogP contribution >= 0.6 is 0 Å². The molecule has 1 aliphatic heterocycles. The van der Waals surface area contributed by atoms with E-state index in [4.69, 9.17) is 10.7 Å². The molecule has 1 fully saturated rings. The minimum absolute atomic E-state index is 0.161. The molecule has 2 aliphatic rings. The van der Waals surface area contributed by atoms with Gasteiger partial charge in [-0.25, -0.2) is 0 Å². The Morgan fingerprint density at radius 3 is 2.43 bits per heavy atom. The fourth-order valence-electron chi connectivity index (χ4n) is 5.00. The number of hydrogen-bond donors (Lipinski definition) is 1. The van der Waals surface area contributed by atoms with E-state index >= 15 is 0 Å². The number of benzene rings is 1. The summed E-state index contributed by atoms with van der Waals surface area (Å²) in [5.41, 5.74) is 17.1. The molecule has 0 amide bonds. The first-order valence-electron chi connectivity index (χ1n) is 10.6. The van der Waals surface area contributed by atoms with Crippen LogP contribution in [0.1, 0.15) is 77.8 Å². The maximum absolute atomic E-state index is 6.33. The number of aliphatic imine (C=N–C) groups is 1. The van der Waals surface area contributed by atoms with Crippen LogP contribution in [0.4, 0.5) is 0 Å². The second kappa shape index (κ2) is 7.73. The average molecular weight is 377 g/mol. The molecule has 28 heavy (non-hydrogen) atoms. The van der Waals surface area contributed by atoms with Gasteiger partial charge in [0.15, 0.2) is 0 Å². The minimum Gasteiger partial charge on any atom is -0.404 e. The van der Waals surface area contributed by atoms with Crippen LogP contribution in [0.3, 0.4) is 0 Å². The van der Waals surface area contributed by atoms with E-state index in [1.807, 2.05) is 6.20 Å². The zero-order valence-electron chi connectivity index (χ0n) is 18.7. The predicted molar refractivity (Wildman–Crippen MR) is 121 cm³/mol. The average Bonchev–Trinajstić information content (AvgIpc) is 2.62. The van der Waals surface area contributed by atoms with Gasteiger partial charge in [0.25, 0.3) is 0 Å². The molecule has 1 aromatic rings. The highest BCUT2D eigenvalue weighted by molar-refractivity contribution is 6.03. The van der Waals surface area contributed by atoms with E-state index in [1.165, 1.54) is 51.2 Å².